The molecule has 0 aliphatic heterocycles. The first-order valence-corrected chi connectivity index (χ1v) is 7.29. The van der Waals surface area contributed by atoms with Crippen LogP contribution in [0.2, 0.25) is 0 Å². The van der Waals surface area contributed by atoms with Gasteiger partial charge in [0.25, 0.3) is 0 Å². The van der Waals surface area contributed by atoms with Crippen molar-refractivity contribution in [3.05, 3.63) is 78.1 Å². The zero-order valence-electron chi connectivity index (χ0n) is 11.6. The Kier molecular flexibility index (Phi) is 4.07. The summed E-state index contributed by atoms with van der Waals surface area (Å²) in [6, 6.07) is 19.0. The van der Waals surface area contributed by atoms with Crippen LogP contribution in [0, 0.1) is 0 Å². The molecule has 0 saturated heterocycles. The van der Waals surface area contributed by atoms with Crippen molar-refractivity contribution in [1.29, 1.82) is 0 Å². The van der Waals surface area contributed by atoms with E-state index in [4.69, 9.17) is 0 Å². The van der Waals surface area contributed by atoms with Crippen LogP contribution in [-0.2, 0) is 12.8 Å². The van der Waals surface area contributed by atoms with Crippen LogP contribution in [0.25, 0.3) is 10.8 Å². The summed E-state index contributed by atoms with van der Waals surface area (Å²) in [6.45, 7) is 0. The molecule has 0 N–H and O–H groups in total. The van der Waals surface area contributed by atoms with Crippen LogP contribution >= 0.6 is 0 Å². The van der Waals surface area contributed by atoms with Gasteiger partial charge in [-0.3, -0.25) is 4.98 Å². The fourth-order valence-corrected chi connectivity index (χ4v) is 2.70. The highest BCUT2D eigenvalue weighted by Crippen LogP contribution is 2.19. The first-order valence-electron chi connectivity index (χ1n) is 7.29. The van der Waals surface area contributed by atoms with Crippen molar-refractivity contribution in [2.75, 3.05) is 0 Å². The smallest absolute Gasteiger partial charge is 0.0346 e. The molecule has 0 amide bonds. The summed E-state index contributed by atoms with van der Waals surface area (Å²) in [4.78, 5) is 4.01. The average molecular weight is 261 g/mol. The molecule has 0 radical (unpaired) electrons. The van der Waals surface area contributed by atoms with Gasteiger partial charge in [0.05, 0.1) is 0 Å². The lowest BCUT2D eigenvalue weighted by atomic mass is 9.92. The molecule has 1 heteroatoms. The van der Waals surface area contributed by atoms with Crippen molar-refractivity contribution < 1.29 is 0 Å². The van der Waals surface area contributed by atoms with E-state index in [1.165, 1.54) is 36.5 Å². The molecule has 0 bridgehead atoms. The van der Waals surface area contributed by atoms with Crippen LogP contribution in [0.5, 0.6) is 0 Å². The van der Waals surface area contributed by atoms with Gasteiger partial charge in [-0.1, -0.05) is 48.5 Å². The zero-order chi connectivity index (χ0) is 13.6. The number of pyridine rings is 1. The lowest BCUT2D eigenvalue weighted by Crippen LogP contribution is -2.00. The minimum Gasteiger partial charge on any atom is -0.264 e. The predicted octanol–water partition coefficient (Wildman–Crippen LogP) is 4.80. The summed E-state index contributed by atoms with van der Waals surface area (Å²) in [7, 11) is 0. The van der Waals surface area contributed by atoms with E-state index in [-0.39, 0.29) is 0 Å². The van der Waals surface area contributed by atoms with Crippen molar-refractivity contribution in [2.45, 2.75) is 25.7 Å². The topological polar surface area (TPSA) is 12.9 Å². The Morgan fingerprint density at radius 1 is 0.650 bits per heavy atom. The number of aromatic nitrogens is 1. The molecule has 0 saturated carbocycles. The summed E-state index contributed by atoms with van der Waals surface area (Å²) in [6.07, 6.45) is 9.05. The van der Waals surface area contributed by atoms with Gasteiger partial charge in [-0.15, -0.1) is 0 Å². The van der Waals surface area contributed by atoms with Gasteiger partial charge >= 0.3 is 0 Å². The highest BCUT2D eigenvalue weighted by Gasteiger charge is 2.05. The Morgan fingerprint density at radius 2 is 1.25 bits per heavy atom. The molecule has 4 rings (SSSR count). The van der Waals surface area contributed by atoms with Crippen molar-refractivity contribution in [3.8, 4) is 0 Å². The second kappa shape index (κ2) is 6.33. The zero-order valence-corrected chi connectivity index (χ0v) is 11.6. The minimum absolute atomic E-state index is 1.20. The molecule has 0 unspecified atom stereocenters. The van der Waals surface area contributed by atoms with Gasteiger partial charge in [0.1, 0.15) is 0 Å². The number of hydrogen-bond donors (Lipinski definition) is 0. The molecule has 3 aromatic rings. The monoisotopic (exact) mass is 261 g/mol. The normalized spacial score (nSPS) is 13.2. The fourth-order valence-electron chi connectivity index (χ4n) is 2.70. The van der Waals surface area contributed by atoms with Gasteiger partial charge in [0, 0.05) is 12.4 Å². The molecular formula is C19H19N. The average Bonchev–Trinajstić information content (AvgIpc) is 2.56. The Balaban J connectivity index is 0.000000121. The number of hydrogen-bond acceptors (Lipinski definition) is 1. The van der Waals surface area contributed by atoms with Crippen LogP contribution in [0.4, 0.5) is 0 Å². The van der Waals surface area contributed by atoms with E-state index in [2.05, 4.69) is 41.4 Å². The molecule has 1 heterocycles. The van der Waals surface area contributed by atoms with E-state index in [1.54, 1.807) is 11.1 Å². The predicted molar refractivity (Wildman–Crippen MR) is 84.8 cm³/mol. The van der Waals surface area contributed by atoms with Crippen LogP contribution < -0.4 is 0 Å². The number of aryl methyl sites for hydroxylation is 2. The Bertz CT molecular complexity index is 597. The van der Waals surface area contributed by atoms with E-state index >= 15 is 0 Å². The third kappa shape index (κ3) is 3.05. The Hall–Kier alpha value is -2.15. The lowest BCUT2D eigenvalue weighted by molar-refractivity contribution is 0.685. The maximum Gasteiger partial charge on any atom is 0.0346 e. The van der Waals surface area contributed by atoms with Crippen molar-refractivity contribution in [2.24, 2.45) is 0 Å². The number of rotatable bonds is 0. The first-order chi connectivity index (χ1) is 9.93. The van der Waals surface area contributed by atoms with Crippen LogP contribution in [0.15, 0.2) is 67.0 Å². The van der Waals surface area contributed by atoms with Crippen LogP contribution in [0.1, 0.15) is 24.0 Å². The largest absolute Gasteiger partial charge is 0.264 e. The molecule has 1 aliphatic rings. The third-order valence-electron chi connectivity index (χ3n) is 3.81. The molecule has 0 atom stereocenters. The standard InChI is InChI=1S/C10H12.C9H7N/c1-2-6-10-8-4-3-7-9(10)5-1;1-2-4-9-7-10-6-5-8(9)3-1/h1-2,5-6H,3-4,7-8H2;1-7H. The second-order valence-corrected chi connectivity index (χ2v) is 5.20. The number of fused-ring (bicyclic) bond motifs is 2. The Morgan fingerprint density at radius 3 is 1.90 bits per heavy atom. The van der Waals surface area contributed by atoms with Gasteiger partial charge in [0.2, 0.25) is 0 Å². The molecular weight excluding hydrogens is 242 g/mol. The molecule has 1 aliphatic carbocycles. The molecule has 1 nitrogen and oxygen atoms in total. The molecule has 0 fully saturated rings. The fraction of sp³-hybridized carbons (Fsp3) is 0.211. The van der Waals surface area contributed by atoms with E-state index in [9.17, 15) is 0 Å². The van der Waals surface area contributed by atoms with E-state index < -0.39 is 0 Å². The van der Waals surface area contributed by atoms with Crippen molar-refractivity contribution >= 4 is 10.8 Å². The van der Waals surface area contributed by atoms with E-state index in [1.807, 2.05) is 30.6 Å². The van der Waals surface area contributed by atoms with Gasteiger partial charge in [-0.25, -0.2) is 0 Å². The maximum atomic E-state index is 4.01. The number of nitrogens with zero attached hydrogens (tertiary/aromatic N) is 1. The van der Waals surface area contributed by atoms with E-state index in [0.29, 0.717) is 0 Å². The summed E-state index contributed by atoms with van der Waals surface area (Å²) in [5.41, 5.74) is 3.16. The van der Waals surface area contributed by atoms with Gasteiger partial charge in [-0.2, -0.15) is 0 Å². The maximum absolute atomic E-state index is 4.01. The number of benzene rings is 2. The van der Waals surface area contributed by atoms with Gasteiger partial charge in [-0.05, 0) is 53.6 Å². The molecule has 2 aromatic carbocycles. The molecule has 1 aromatic heterocycles. The van der Waals surface area contributed by atoms with Gasteiger partial charge < -0.3 is 0 Å². The summed E-state index contributed by atoms with van der Waals surface area (Å²) in [5.74, 6) is 0. The second-order valence-electron chi connectivity index (χ2n) is 5.20. The summed E-state index contributed by atoms with van der Waals surface area (Å²) >= 11 is 0. The Labute approximate surface area is 120 Å². The van der Waals surface area contributed by atoms with Crippen molar-refractivity contribution in [3.63, 3.8) is 0 Å². The first kappa shape index (κ1) is 12.9. The highest BCUT2D eigenvalue weighted by molar-refractivity contribution is 5.80. The summed E-state index contributed by atoms with van der Waals surface area (Å²) < 4.78 is 0. The summed E-state index contributed by atoms with van der Waals surface area (Å²) in [5, 5.41) is 2.45. The lowest BCUT2D eigenvalue weighted by Gasteiger charge is -2.13. The quantitative estimate of drug-likeness (QED) is 0.566. The third-order valence-corrected chi connectivity index (χ3v) is 3.81. The molecule has 100 valence electrons. The molecule has 20 heavy (non-hydrogen) atoms. The van der Waals surface area contributed by atoms with Crippen LogP contribution in [-0.4, -0.2) is 4.98 Å². The van der Waals surface area contributed by atoms with Gasteiger partial charge in [0.15, 0.2) is 0 Å². The minimum atomic E-state index is 1.20. The highest BCUT2D eigenvalue weighted by atomic mass is 14.6. The van der Waals surface area contributed by atoms with Crippen LogP contribution in [0.3, 0.4) is 0 Å². The SMILES string of the molecule is c1ccc2c(c1)CCCC2.c1ccc2cnccc2c1. The van der Waals surface area contributed by atoms with Crippen molar-refractivity contribution in [1.82, 2.24) is 4.98 Å². The van der Waals surface area contributed by atoms with E-state index in [0.717, 1.165) is 0 Å². The molecule has 0 spiro atoms.